The van der Waals surface area contributed by atoms with E-state index < -0.39 is 11.7 Å². The molecule has 1 aromatic heterocycles. The van der Waals surface area contributed by atoms with E-state index in [2.05, 4.69) is 10.3 Å². The van der Waals surface area contributed by atoms with E-state index in [0.29, 0.717) is 10.8 Å². The van der Waals surface area contributed by atoms with Crippen LogP contribution in [0.15, 0.2) is 36.5 Å². The van der Waals surface area contributed by atoms with Gasteiger partial charge in [-0.1, -0.05) is 17.7 Å². The van der Waals surface area contributed by atoms with Crippen LogP contribution in [0.25, 0.3) is 0 Å². The van der Waals surface area contributed by atoms with Crippen LogP contribution in [-0.2, 0) is 9.59 Å². The summed E-state index contributed by atoms with van der Waals surface area (Å²) < 4.78 is 14.1. The fourth-order valence-corrected chi connectivity index (χ4v) is 2.74. The zero-order valence-corrected chi connectivity index (χ0v) is 13.7. The van der Waals surface area contributed by atoms with Gasteiger partial charge in [-0.2, -0.15) is 0 Å². The van der Waals surface area contributed by atoms with Crippen LogP contribution in [0.1, 0.15) is 12.0 Å². The van der Waals surface area contributed by atoms with Crippen molar-refractivity contribution < 1.29 is 14.0 Å². The third-order valence-electron chi connectivity index (χ3n) is 3.87. The van der Waals surface area contributed by atoms with Crippen LogP contribution < -0.4 is 10.2 Å². The first-order valence-corrected chi connectivity index (χ1v) is 7.81. The predicted octanol–water partition coefficient (Wildman–Crippen LogP) is 3.17. The molecule has 1 atom stereocenters. The minimum absolute atomic E-state index is 0.0345. The molecule has 24 heavy (non-hydrogen) atoms. The van der Waals surface area contributed by atoms with Gasteiger partial charge in [0.15, 0.2) is 0 Å². The van der Waals surface area contributed by atoms with Crippen LogP contribution >= 0.6 is 11.6 Å². The largest absolute Gasteiger partial charge is 0.310 e. The molecule has 0 bridgehead atoms. The standard InChI is InChI=1S/C17H15ClFN3O2/c1-10-2-4-14(13(19)6-10)22-9-11(7-16(22)23)17(24)21-15-5-3-12(18)8-20-15/h2-6,8,11H,7,9H2,1H3,(H,20,21,24)/t11-/m1/s1. The molecule has 2 heterocycles. The van der Waals surface area contributed by atoms with Crippen molar-refractivity contribution in [1.29, 1.82) is 0 Å². The van der Waals surface area contributed by atoms with E-state index in [1.165, 1.54) is 17.2 Å². The van der Waals surface area contributed by atoms with Gasteiger partial charge in [0, 0.05) is 19.2 Å². The Morgan fingerprint density at radius 1 is 1.38 bits per heavy atom. The number of nitrogens with zero attached hydrogens (tertiary/aromatic N) is 2. The molecule has 1 aliphatic rings. The number of halogens is 2. The van der Waals surface area contributed by atoms with Gasteiger partial charge in [-0.3, -0.25) is 9.59 Å². The van der Waals surface area contributed by atoms with Gasteiger partial charge in [0.2, 0.25) is 11.8 Å². The van der Waals surface area contributed by atoms with Gasteiger partial charge in [-0.25, -0.2) is 9.37 Å². The Bertz CT molecular complexity index is 795. The quantitative estimate of drug-likeness (QED) is 0.927. The number of hydrogen-bond acceptors (Lipinski definition) is 3. The Morgan fingerprint density at radius 2 is 2.17 bits per heavy atom. The lowest BCUT2D eigenvalue weighted by Gasteiger charge is -2.17. The molecule has 3 rings (SSSR count). The smallest absolute Gasteiger partial charge is 0.230 e. The van der Waals surface area contributed by atoms with Crippen molar-refractivity contribution in [2.24, 2.45) is 5.92 Å². The van der Waals surface area contributed by atoms with Gasteiger partial charge >= 0.3 is 0 Å². The minimum atomic E-state index is -0.560. The summed E-state index contributed by atoms with van der Waals surface area (Å²) in [5.74, 6) is -1.27. The van der Waals surface area contributed by atoms with Crippen LogP contribution in [0.3, 0.4) is 0 Å². The fraction of sp³-hybridized carbons (Fsp3) is 0.235. The number of hydrogen-bond donors (Lipinski definition) is 1. The molecular formula is C17H15ClFN3O2. The first kappa shape index (κ1) is 16.4. The number of aromatic nitrogens is 1. The molecule has 0 spiro atoms. The van der Waals surface area contributed by atoms with E-state index in [9.17, 15) is 14.0 Å². The fourth-order valence-electron chi connectivity index (χ4n) is 2.62. The molecule has 0 unspecified atom stereocenters. The normalized spacial score (nSPS) is 17.2. The summed E-state index contributed by atoms with van der Waals surface area (Å²) in [7, 11) is 0. The summed E-state index contributed by atoms with van der Waals surface area (Å²) in [6.45, 7) is 1.91. The van der Waals surface area contributed by atoms with E-state index in [1.54, 1.807) is 31.2 Å². The van der Waals surface area contributed by atoms with Crippen molar-refractivity contribution in [3.05, 3.63) is 52.9 Å². The molecule has 7 heteroatoms. The lowest BCUT2D eigenvalue weighted by atomic mass is 10.1. The van der Waals surface area contributed by atoms with Crippen LogP contribution in [0.4, 0.5) is 15.9 Å². The van der Waals surface area contributed by atoms with E-state index in [4.69, 9.17) is 11.6 Å². The van der Waals surface area contributed by atoms with E-state index in [1.807, 2.05) is 0 Å². The second-order valence-electron chi connectivity index (χ2n) is 5.71. The summed E-state index contributed by atoms with van der Waals surface area (Å²) in [5.41, 5.74) is 0.969. The Hall–Kier alpha value is -2.47. The highest BCUT2D eigenvalue weighted by atomic mass is 35.5. The van der Waals surface area contributed by atoms with E-state index in [0.717, 1.165) is 5.56 Å². The number of carbonyl (C=O) groups is 2. The third-order valence-corrected chi connectivity index (χ3v) is 4.09. The summed E-state index contributed by atoms with van der Waals surface area (Å²) >= 11 is 5.75. The van der Waals surface area contributed by atoms with Crippen molar-refractivity contribution in [3.8, 4) is 0 Å². The number of anilines is 2. The summed E-state index contributed by atoms with van der Waals surface area (Å²) in [5, 5.41) is 3.11. The lowest BCUT2D eigenvalue weighted by Crippen LogP contribution is -2.28. The highest BCUT2D eigenvalue weighted by molar-refractivity contribution is 6.30. The molecule has 1 fully saturated rings. The molecule has 124 valence electrons. The average molecular weight is 348 g/mol. The molecule has 2 amide bonds. The van der Waals surface area contributed by atoms with Crippen LogP contribution in [0, 0.1) is 18.7 Å². The number of carbonyl (C=O) groups excluding carboxylic acids is 2. The second-order valence-corrected chi connectivity index (χ2v) is 6.15. The number of nitrogens with one attached hydrogen (secondary N) is 1. The van der Waals surface area contributed by atoms with Crippen molar-refractivity contribution in [2.75, 3.05) is 16.8 Å². The van der Waals surface area contributed by atoms with Crippen molar-refractivity contribution >= 4 is 34.9 Å². The van der Waals surface area contributed by atoms with Crippen molar-refractivity contribution in [1.82, 2.24) is 4.98 Å². The zero-order valence-electron chi connectivity index (χ0n) is 12.9. The summed E-state index contributed by atoms with van der Waals surface area (Å²) in [6, 6.07) is 7.85. The number of pyridine rings is 1. The number of rotatable bonds is 3. The Labute approximate surface area is 143 Å². The van der Waals surface area contributed by atoms with Gasteiger partial charge in [-0.05, 0) is 36.8 Å². The molecule has 0 aliphatic carbocycles. The maximum absolute atomic E-state index is 14.1. The highest BCUT2D eigenvalue weighted by Gasteiger charge is 2.36. The van der Waals surface area contributed by atoms with Gasteiger partial charge < -0.3 is 10.2 Å². The zero-order chi connectivity index (χ0) is 17.3. The number of aryl methyl sites for hydroxylation is 1. The van der Waals surface area contributed by atoms with Gasteiger partial charge in [0.05, 0.1) is 16.6 Å². The molecule has 0 radical (unpaired) electrons. The van der Waals surface area contributed by atoms with Crippen LogP contribution in [0.5, 0.6) is 0 Å². The molecule has 1 N–H and O–H groups in total. The minimum Gasteiger partial charge on any atom is -0.310 e. The number of amides is 2. The maximum atomic E-state index is 14.1. The average Bonchev–Trinajstić information content (AvgIpc) is 2.91. The lowest BCUT2D eigenvalue weighted by molar-refractivity contribution is -0.122. The Kier molecular flexibility index (Phi) is 4.49. The molecule has 1 aromatic carbocycles. The molecule has 5 nitrogen and oxygen atoms in total. The van der Waals surface area contributed by atoms with Crippen molar-refractivity contribution in [3.63, 3.8) is 0 Å². The second kappa shape index (κ2) is 6.57. The van der Waals surface area contributed by atoms with Gasteiger partial charge in [0.1, 0.15) is 11.6 Å². The molecule has 0 saturated carbocycles. The molecular weight excluding hydrogens is 333 g/mol. The first-order valence-electron chi connectivity index (χ1n) is 7.43. The molecule has 1 aliphatic heterocycles. The summed E-state index contributed by atoms with van der Waals surface area (Å²) in [6.07, 6.45) is 1.46. The predicted molar refractivity (Wildman–Crippen MR) is 89.5 cm³/mol. The monoisotopic (exact) mass is 347 g/mol. The van der Waals surface area contributed by atoms with Crippen LogP contribution in [-0.4, -0.2) is 23.3 Å². The van der Waals surface area contributed by atoms with Gasteiger partial charge in [-0.15, -0.1) is 0 Å². The summed E-state index contributed by atoms with van der Waals surface area (Å²) in [4.78, 5) is 29.8. The number of benzene rings is 1. The topological polar surface area (TPSA) is 62.3 Å². The first-order chi connectivity index (χ1) is 11.4. The third kappa shape index (κ3) is 3.38. The molecule has 1 saturated heterocycles. The Balaban J connectivity index is 1.72. The SMILES string of the molecule is Cc1ccc(N2C[C@H](C(=O)Nc3ccc(Cl)cn3)CC2=O)c(F)c1. The van der Waals surface area contributed by atoms with E-state index in [-0.39, 0.29) is 30.5 Å². The highest BCUT2D eigenvalue weighted by Crippen LogP contribution is 2.28. The Morgan fingerprint density at radius 3 is 2.83 bits per heavy atom. The molecule has 2 aromatic rings. The van der Waals surface area contributed by atoms with Gasteiger partial charge in [0.25, 0.3) is 0 Å². The van der Waals surface area contributed by atoms with Crippen molar-refractivity contribution in [2.45, 2.75) is 13.3 Å². The maximum Gasteiger partial charge on any atom is 0.230 e. The van der Waals surface area contributed by atoms with Crippen LogP contribution in [0.2, 0.25) is 5.02 Å². The van der Waals surface area contributed by atoms with E-state index >= 15 is 0 Å².